The Morgan fingerprint density at radius 3 is 2.78 bits per heavy atom. The lowest BCUT2D eigenvalue weighted by Gasteiger charge is -2.23. The van der Waals surface area contributed by atoms with Gasteiger partial charge in [0, 0.05) is 12.6 Å². The van der Waals surface area contributed by atoms with Gasteiger partial charge in [-0.25, -0.2) is 4.79 Å². The van der Waals surface area contributed by atoms with E-state index in [9.17, 15) is 4.79 Å². The summed E-state index contributed by atoms with van der Waals surface area (Å²) < 4.78 is 10.6. The number of piperidine rings is 1. The van der Waals surface area contributed by atoms with Crippen LogP contribution in [-0.2, 0) is 9.47 Å². The molecule has 1 aliphatic heterocycles. The summed E-state index contributed by atoms with van der Waals surface area (Å²) in [6.07, 6.45) is 3.33. The van der Waals surface area contributed by atoms with Crippen LogP contribution in [0.2, 0.25) is 0 Å². The van der Waals surface area contributed by atoms with E-state index < -0.39 is 5.60 Å². The van der Waals surface area contributed by atoms with Gasteiger partial charge in [-0.3, -0.25) is 0 Å². The molecule has 0 spiro atoms. The highest BCUT2D eigenvalue weighted by molar-refractivity contribution is 5.67. The van der Waals surface area contributed by atoms with Crippen LogP contribution in [0.15, 0.2) is 0 Å². The Labute approximate surface area is 110 Å². The van der Waals surface area contributed by atoms with Crippen LogP contribution >= 0.6 is 0 Å². The molecule has 1 fully saturated rings. The van der Waals surface area contributed by atoms with E-state index in [1.165, 1.54) is 19.3 Å². The number of alkyl carbamates (subject to hydrolysis) is 1. The van der Waals surface area contributed by atoms with E-state index >= 15 is 0 Å². The predicted octanol–water partition coefficient (Wildman–Crippen LogP) is 1.67. The zero-order valence-corrected chi connectivity index (χ0v) is 11.8. The number of nitrogens with one attached hydrogen (secondary N) is 2. The third-order valence-electron chi connectivity index (χ3n) is 2.65. The van der Waals surface area contributed by atoms with Crippen LogP contribution in [0.1, 0.15) is 40.0 Å². The molecule has 2 N–H and O–H groups in total. The molecule has 5 heteroatoms. The lowest BCUT2D eigenvalue weighted by Crippen LogP contribution is -2.38. The van der Waals surface area contributed by atoms with Crippen molar-refractivity contribution >= 4 is 6.09 Å². The van der Waals surface area contributed by atoms with Crippen molar-refractivity contribution in [3.05, 3.63) is 0 Å². The average Bonchev–Trinajstić information content (AvgIpc) is 2.27. The average molecular weight is 258 g/mol. The van der Waals surface area contributed by atoms with Crippen molar-refractivity contribution < 1.29 is 14.3 Å². The zero-order valence-electron chi connectivity index (χ0n) is 11.8. The Kier molecular flexibility index (Phi) is 6.43. The molecule has 1 heterocycles. The van der Waals surface area contributed by atoms with Gasteiger partial charge in [0.15, 0.2) is 0 Å². The van der Waals surface area contributed by atoms with Crippen LogP contribution in [0.25, 0.3) is 0 Å². The molecule has 0 saturated carbocycles. The van der Waals surface area contributed by atoms with E-state index in [0.717, 1.165) is 13.2 Å². The van der Waals surface area contributed by atoms with Crippen molar-refractivity contribution in [3.63, 3.8) is 0 Å². The number of rotatable bonds is 5. The Balaban J connectivity index is 1.96. The lowest BCUT2D eigenvalue weighted by molar-refractivity contribution is 0.0489. The number of ether oxygens (including phenoxy) is 2. The van der Waals surface area contributed by atoms with Gasteiger partial charge in [0.25, 0.3) is 0 Å². The third-order valence-corrected chi connectivity index (χ3v) is 2.65. The molecule has 1 unspecified atom stereocenters. The van der Waals surface area contributed by atoms with Gasteiger partial charge in [-0.2, -0.15) is 0 Å². The standard InChI is InChI=1S/C13H26N2O3/c1-13(2,3)18-12(16)15-8-9-17-10-11-6-4-5-7-14-11/h11,14H,4-10H2,1-3H3,(H,15,16). The van der Waals surface area contributed by atoms with E-state index in [1.54, 1.807) is 0 Å². The molecular formula is C13H26N2O3. The molecule has 106 valence electrons. The van der Waals surface area contributed by atoms with Crippen LogP contribution in [0, 0.1) is 0 Å². The Bertz CT molecular complexity index is 245. The monoisotopic (exact) mass is 258 g/mol. The molecule has 1 rings (SSSR count). The third kappa shape index (κ3) is 7.50. The van der Waals surface area contributed by atoms with Crippen molar-refractivity contribution in [2.45, 2.75) is 51.7 Å². The van der Waals surface area contributed by atoms with E-state index in [0.29, 0.717) is 19.2 Å². The normalized spacial score (nSPS) is 20.5. The second kappa shape index (κ2) is 7.59. The number of amides is 1. The highest BCUT2D eigenvalue weighted by Gasteiger charge is 2.15. The predicted molar refractivity (Wildman–Crippen MR) is 70.7 cm³/mol. The smallest absolute Gasteiger partial charge is 0.407 e. The number of hydrogen-bond acceptors (Lipinski definition) is 4. The molecule has 1 saturated heterocycles. The summed E-state index contributed by atoms with van der Waals surface area (Å²) in [6, 6.07) is 0.472. The summed E-state index contributed by atoms with van der Waals surface area (Å²) in [5, 5.41) is 6.08. The van der Waals surface area contributed by atoms with Gasteiger partial charge < -0.3 is 20.1 Å². The zero-order chi connectivity index (χ0) is 13.4. The summed E-state index contributed by atoms with van der Waals surface area (Å²) >= 11 is 0. The van der Waals surface area contributed by atoms with Crippen molar-refractivity contribution in [2.75, 3.05) is 26.3 Å². The Morgan fingerprint density at radius 1 is 1.39 bits per heavy atom. The molecule has 0 aromatic rings. The fourth-order valence-corrected chi connectivity index (χ4v) is 1.83. The summed E-state index contributed by atoms with van der Waals surface area (Å²) in [4.78, 5) is 11.3. The molecule has 1 atom stereocenters. The van der Waals surface area contributed by atoms with Gasteiger partial charge in [-0.15, -0.1) is 0 Å². The molecular weight excluding hydrogens is 232 g/mol. The largest absolute Gasteiger partial charge is 0.444 e. The van der Waals surface area contributed by atoms with Crippen molar-refractivity contribution in [1.82, 2.24) is 10.6 Å². The Hall–Kier alpha value is -0.810. The van der Waals surface area contributed by atoms with E-state index in [1.807, 2.05) is 20.8 Å². The first-order valence-corrected chi connectivity index (χ1v) is 6.75. The quantitative estimate of drug-likeness (QED) is 0.736. The lowest BCUT2D eigenvalue weighted by atomic mass is 10.1. The Morgan fingerprint density at radius 2 is 2.17 bits per heavy atom. The first kappa shape index (κ1) is 15.2. The van der Waals surface area contributed by atoms with Crippen LogP contribution < -0.4 is 10.6 Å². The molecule has 1 amide bonds. The molecule has 18 heavy (non-hydrogen) atoms. The van der Waals surface area contributed by atoms with Gasteiger partial charge in [-0.1, -0.05) is 6.42 Å². The highest BCUT2D eigenvalue weighted by atomic mass is 16.6. The van der Waals surface area contributed by atoms with E-state index in [-0.39, 0.29) is 6.09 Å². The van der Waals surface area contributed by atoms with E-state index in [4.69, 9.17) is 9.47 Å². The van der Waals surface area contributed by atoms with Gasteiger partial charge in [0.05, 0.1) is 13.2 Å². The molecule has 0 aromatic heterocycles. The topological polar surface area (TPSA) is 59.6 Å². The minimum Gasteiger partial charge on any atom is -0.444 e. The summed E-state index contributed by atoms with van der Waals surface area (Å²) in [7, 11) is 0. The maximum absolute atomic E-state index is 11.3. The van der Waals surface area contributed by atoms with Crippen molar-refractivity contribution in [1.29, 1.82) is 0 Å². The first-order chi connectivity index (χ1) is 8.47. The van der Waals surface area contributed by atoms with Crippen LogP contribution in [0.5, 0.6) is 0 Å². The van der Waals surface area contributed by atoms with Crippen LogP contribution in [0.3, 0.4) is 0 Å². The maximum Gasteiger partial charge on any atom is 0.407 e. The second-order valence-electron chi connectivity index (χ2n) is 5.65. The van der Waals surface area contributed by atoms with E-state index in [2.05, 4.69) is 10.6 Å². The van der Waals surface area contributed by atoms with Crippen LogP contribution in [0.4, 0.5) is 4.79 Å². The fraction of sp³-hybridized carbons (Fsp3) is 0.923. The summed E-state index contributed by atoms with van der Waals surface area (Å²) in [6.45, 7) is 8.35. The fourth-order valence-electron chi connectivity index (χ4n) is 1.83. The van der Waals surface area contributed by atoms with Gasteiger partial charge in [0.2, 0.25) is 0 Å². The van der Waals surface area contributed by atoms with Crippen molar-refractivity contribution in [3.8, 4) is 0 Å². The molecule has 1 aliphatic rings. The molecule has 0 bridgehead atoms. The molecule has 5 nitrogen and oxygen atoms in total. The minimum absolute atomic E-state index is 0.387. The molecule has 0 radical (unpaired) electrons. The minimum atomic E-state index is -0.447. The summed E-state index contributed by atoms with van der Waals surface area (Å²) in [5.74, 6) is 0. The first-order valence-electron chi connectivity index (χ1n) is 6.75. The highest BCUT2D eigenvalue weighted by Crippen LogP contribution is 2.07. The number of carbonyl (C=O) groups is 1. The van der Waals surface area contributed by atoms with Crippen molar-refractivity contribution in [2.24, 2.45) is 0 Å². The van der Waals surface area contributed by atoms with Crippen LogP contribution in [-0.4, -0.2) is 44.0 Å². The molecule has 0 aliphatic carbocycles. The number of carbonyl (C=O) groups excluding carboxylic acids is 1. The summed E-state index contributed by atoms with van der Waals surface area (Å²) in [5.41, 5.74) is -0.447. The van der Waals surface area contributed by atoms with Gasteiger partial charge in [-0.05, 0) is 40.2 Å². The maximum atomic E-state index is 11.3. The SMILES string of the molecule is CC(C)(C)OC(=O)NCCOCC1CCCCN1. The van der Waals surface area contributed by atoms with Gasteiger partial charge in [0.1, 0.15) is 5.60 Å². The van der Waals surface area contributed by atoms with Gasteiger partial charge >= 0.3 is 6.09 Å². The second-order valence-corrected chi connectivity index (χ2v) is 5.65. The molecule has 0 aromatic carbocycles. The number of hydrogen-bond donors (Lipinski definition) is 2.